The standard InChI is InChI=1S/C9H22IN/c1-5-6-7-8-11(4)9-10(2)3/h5-9H2,1-4H3. The van der Waals surface area contributed by atoms with Gasteiger partial charge >= 0.3 is 78.9 Å². The van der Waals surface area contributed by atoms with Gasteiger partial charge in [0.05, 0.1) is 0 Å². The van der Waals surface area contributed by atoms with E-state index >= 15 is 0 Å². The predicted molar refractivity (Wildman–Crippen MR) is 62.9 cm³/mol. The third-order valence-electron chi connectivity index (χ3n) is 1.59. The first-order valence-electron chi connectivity index (χ1n) is 4.31. The molecular weight excluding hydrogens is 249 g/mol. The molecule has 0 unspecified atom stereocenters. The quantitative estimate of drug-likeness (QED) is 0.311. The van der Waals surface area contributed by atoms with E-state index in [9.17, 15) is 0 Å². The number of alkyl halides is 3. The molecule has 0 saturated carbocycles. The monoisotopic (exact) mass is 271 g/mol. The van der Waals surface area contributed by atoms with Crippen LogP contribution in [0.5, 0.6) is 0 Å². The summed E-state index contributed by atoms with van der Waals surface area (Å²) in [5.74, 6) is 0. The van der Waals surface area contributed by atoms with Crippen LogP contribution in [0, 0.1) is 0 Å². The second kappa shape index (κ2) is 7.35. The van der Waals surface area contributed by atoms with E-state index in [1.54, 1.807) is 0 Å². The number of nitrogens with zero attached hydrogens (tertiary/aromatic N) is 1. The first-order chi connectivity index (χ1) is 5.16. The topological polar surface area (TPSA) is 3.24 Å². The van der Waals surface area contributed by atoms with Gasteiger partial charge in [-0.05, 0) is 0 Å². The number of hydrogen-bond donors (Lipinski definition) is 0. The summed E-state index contributed by atoms with van der Waals surface area (Å²) in [6.07, 6.45) is 4.12. The van der Waals surface area contributed by atoms with Gasteiger partial charge in [-0.25, -0.2) is 0 Å². The molecule has 0 fully saturated rings. The molecule has 0 aliphatic heterocycles. The van der Waals surface area contributed by atoms with Crippen LogP contribution in [-0.2, 0) is 0 Å². The second-order valence-electron chi connectivity index (χ2n) is 3.32. The van der Waals surface area contributed by atoms with Crippen molar-refractivity contribution < 1.29 is 0 Å². The molecule has 2 heteroatoms. The molecule has 0 radical (unpaired) electrons. The molecular formula is C9H22IN. The molecule has 0 aliphatic rings. The van der Waals surface area contributed by atoms with Crippen LogP contribution < -0.4 is 0 Å². The zero-order chi connectivity index (χ0) is 8.69. The summed E-state index contributed by atoms with van der Waals surface area (Å²) in [7, 11) is 2.26. The molecule has 0 amide bonds. The number of rotatable bonds is 6. The third-order valence-corrected chi connectivity index (χ3v) is 4.12. The van der Waals surface area contributed by atoms with Crippen molar-refractivity contribution in [2.24, 2.45) is 0 Å². The van der Waals surface area contributed by atoms with Gasteiger partial charge in [-0.3, -0.25) is 0 Å². The van der Waals surface area contributed by atoms with E-state index in [2.05, 4.69) is 28.7 Å². The molecule has 0 heterocycles. The molecule has 70 valence electrons. The van der Waals surface area contributed by atoms with Gasteiger partial charge in [-0.1, -0.05) is 0 Å². The Bertz CT molecular complexity index is 83.6. The Balaban J connectivity index is 3.15. The van der Waals surface area contributed by atoms with Gasteiger partial charge in [0.2, 0.25) is 0 Å². The van der Waals surface area contributed by atoms with Gasteiger partial charge in [-0.2, -0.15) is 0 Å². The molecule has 0 bridgehead atoms. The zero-order valence-corrected chi connectivity index (χ0v) is 10.5. The van der Waals surface area contributed by atoms with Crippen molar-refractivity contribution in [2.45, 2.75) is 26.2 Å². The fraction of sp³-hybridized carbons (Fsp3) is 1.00. The van der Waals surface area contributed by atoms with Crippen LogP contribution in [0.15, 0.2) is 0 Å². The molecule has 0 aromatic carbocycles. The average Bonchev–Trinajstić information content (AvgIpc) is 1.86. The third kappa shape index (κ3) is 8.60. The molecule has 0 atom stereocenters. The molecule has 0 N–H and O–H groups in total. The van der Waals surface area contributed by atoms with Crippen molar-refractivity contribution in [1.82, 2.24) is 4.90 Å². The van der Waals surface area contributed by atoms with Gasteiger partial charge in [0.15, 0.2) is 0 Å². The maximum atomic E-state index is 2.50. The summed E-state index contributed by atoms with van der Waals surface area (Å²) in [6, 6.07) is 0. The summed E-state index contributed by atoms with van der Waals surface area (Å²) in [4.78, 5) is 7.36. The predicted octanol–water partition coefficient (Wildman–Crippen LogP) is 2.83. The SMILES string of the molecule is CCCCCN(C)CI(C)C. The van der Waals surface area contributed by atoms with Gasteiger partial charge < -0.3 is 0 Å². The number of hydrogen-bond acceptors (Lipinski definition) is 1. The van der Waals surface area contributed by atoms with Gasteiger partial charge in [0.1, 0.15) is 0 Å². The second-order valence-corrected chi connectivity index (χ2v) is 9.21. The average molecular weight is 271 g/mol. The van der Waals surface area contributed by atoms with E-state index < -0.39 is 19.8 Å². The Morgan fingerprint density at radius 3 is 2.27 bits per heavy atom. The first kappa shape index (κ1) is 11.7. The van der Waals surface area contributed by atoms with Crippen LogP contribution in [0.25, 0.3) is 0 Å². The van der Waals surface area contributed by atoms with Crippen LogP contribution >= 0.6 is 19.8 Å². The molecule has 0 aliphatic carbocycles. The van der Waals surface area contributed by atoms with Crippen LogP contribution in [-0.4, -0.2) is 32.9 Å². The summed E-state index contributed by atoms with van der Waals surface area (Å²) < 4.78 is 1.40. The Morgan fingerprint density at radius 1 is 1.18 bits per heavy atom. The summed E-state index contributed by atoms with van der Waals surface area (Å²) in [5, 5.41) is 0. The Morgan fingerprint density at radius 2 is 1.82 bits per heavy atom. The van der Waals surface area contributed by atoms with Crippen molar-refractivity contribution >= 4 is 19.8 Å². The normalized spacial score (nSPS) is 12.3. The van der Waals surface area contributed by atoms with Crippen LogP contribution in [0.1, 0.15) is 26.2 Å². The fourth-order valence-electron chi connectivity index (χ4n) is 1.10. The molecule has 1 nitrogen and oxygen atoms in total. The van der Waals surface area contributed by atoms with Crippen molar-refractivity contribution in [3.63, 3.8) is 0 Å². The van der Waals surface area contributed by atoms with E-state index in [0.717, 1.165) is 0 Å². The molecule has 0 saturated heterocycles. The van der Waals surface area contributed by atoms with Crippen molar-refractivity contribution in [3.8, 4) is 0 Å². The van der Waals surface area contributed by atoms with E-state index in [4.69, 9.17) is 0 Å². The molecule has 0 aromatic heterocycles. The Labute approximate surface area is 78.9 Å². The fourth-order valence-corrected chi connectivity index (χ4v) is 3.77. The zero-order valence-electron chi connectivity index (χ0n) is 8.36. The number of unbranched alkanes of at least 4 members (excludes halogenated alkanes) is 2. The molecule has 11 heavy (non-hydrogen) atoms. The molecule has 0 spiro atoms. The molecule has 0 rings (SSSR count). The summed E-state index contributed by atoms with van der Waals surface area (Å²) >= 11 is -0.503. The van der Waals surface area contributed by atoms with Crippen molar-refractivity contribution in [3.05, 3.63) is 0 Å². The van der Waals surface area contributed by atoms with E-state index in [1.807, 2.05) is 0 Å². The Kier molecular flexibility index (Phi) is 7.81. The van der Waals surface area contributed by atoms with Crippen molar-refractivity contribution in [2.75, 3.05) is 28.0 Å². The van der Waals surface area contributed by atoms with E-state index in [1.165, 1.54) is 30.4 Å². The first-order valence-corrected chi connectivity index (χ1v) is 10.2. The minimum atomic E-state index is -0.503. The number of halogens is 1. The Hall–Kier alpha value is 0.690. The van der Waals surface area contributed by atoms with Gasteiger partial charge in [0.25, 0.3) is 0 Å². The minimum absolute atomic E-state index is 0.503. The van der Waals surface area contributed by atoms with Gasteiger partial charge in [-0.15, -0.1) is 0 Å². The van der Waals surface area contributed by atoms with Gasteiger partial charge in [0, 0.05) is 0 Å². The molecule has 0 aromatic rings. The van der Waals surface area contributed by atoms with Crippen LogP contribution in [0.2, 0.25) is 0 Å². The van der Waals surface area contributed by atoms with Crippen molar-refractivity contribution in [1.29, 1.82) is 0 Å². The summed E-state index contributed by atoms with van der Waals surface area (Å²) in [5.41, 5.74) is 0. The van der Waals surface area contributed by atoms with Crippen LogP contribution in [0.3, 0.4) is 0 Å². The van der Waals surface area contributed by atoms with E-state index in [0.29, 0.717) is 0 Å². The maximum absolute atomic E-state index is 2.50. The van der Waals surface area contributed by atoms with E-state index in [-0.39, 0.29) is 0 Å². The van der Waals surface area contributed by atoms with Crippen LogP contribution in [0.4, 0.5) is 0 Å². The summed E-state index contributed by atoms with van der Waals surface area (Å²) in [6.45, 7) is 3.57.